The summed E-state index contributed by atoms with van der Waals surface area (Å²) < 4.78 is 0. The van der Waals surface area contributed by atoms with Gasteiger partial charge in [-0.2, -0.15) is 0 Å². The third-order valence-corrected chi connectivity index (χ3v) is 3.04. The SMILES string of the molecule is O=C1C=C(c2cc(Cl)ccc2Cl)CCC1. The van der Waals surface area contributed by atoms with E-state index in [0.717, 1.165) is 24.0 Å². The van der Waals surface area contributed by atoms with Gasteiger partial charge in [0, 0.05) is 16.5 Å². The number of carbonyl (C=O) groups excluding carboxylic acids is 1. The van der Waals surface area contributed by atoms with Gasteiger partial charge >= 0.3 is 0 Å². The Morgan fingerprint density at radius 1 is 1.13 bits per heavy atom. The molecule has 0 fully saturated rings. The second-order valence-corrected chi connectivity index (χ2v) is 4.46. The summed E-state index contributed by atoms with van der Waals surface area (Å²) >= 11 is 12.0. The van der Waals surface area contributed by atoms with E-state index < -0.39 is 0 Å². The first-order chi connectivity index (χ1) is 7.16. The van der Waals surface area contributed by atoms with Gasteiger partial charge < -0.3 is 0 Å². The maximum atomic E-state index is 11.3. The molecular weight excluding hydrogens is 231 g/mol. The lowest BCUT2D eigenvalue weighted by Gasteiger charge is -2.13. The van der Waals surface area contributed by atoms with Gasteiger partial charge in [-0.05, 0) is 48.3 Å². The zero-order valence-electron chi connectivity index (χ0n) is 8.09. The van der Waals surface area contributed by atoms with Crippen molar-refractivity contribution in [1.29, 1.82) is 0 Å². The van der Waals surface area contributed by atoms with E-state index in [2.05, 4.69) is 0 Å². The predicted molar refractivity (Wildman–Crippen MR) is 63.3 cm³/mol. The highest BCUT2D eigenvalue weighted by molar-refractivity contribution is 6.34. The molecule has 0 amide bonds. The number of benzene rings is 1. The van der Waals surface area contributed by atoms with E-state index in [0.29, 0.717) is 16.5 Å². The molecule has 0 unspecified atom stereocenters. The van der Waals surface area contributed by atoms with Crippen molar-refractivity contribution in [3.05, 3.63) is 39.9 Å². The summed E-state index contributed by atoms with van der Waals surface area (Å²) in [7, 11) is 0. The van der Waals surface area contributed by atoms with E-state index in [9.17, 15) is 4.79 Å². The van der Waals surface area contributed by atoms with Crippen LogP contribution in [0.25, 0.3) is 5.57 Å². The summed E-state index contributed by atoms with van der Waals surface area (Å²) in [4.78, 5) is 11.3. The molecule has 1 aliphatic rings. The Bertz CT molecular complexity index is 435. The molecule has 2 rings (SSSR count). The van der Waals surface area contributed by atoms with Gasteiger partial charge in [-0.1, -0.05) is 23.2 Å². The fourth-order valence-corrected chi connectivity index (χ4v) is 2.16. The molecular formula is C12H10Cl2O. The Morgan fingerprint density at radius 3 is 2.67 bits per heavy atom. The molecule has 0 atom stereocenters. The molecule has 0 spiro atoms. The maximum absolute atomic E-state index is 11.3. The third kappa shape index (κ3) is 2.42. The molecule has 0 heterocycles. The normalized spacial score (nSPS) is 16.4. The number of halogens is 2. The monoisotopic (exact) mass is 240 g/mol. The predicted octanol–water partition coefficient (Wildman–Crippen LogP) is 4.13. The van der Waals surface area contributed by atoms with Crippen LogP contribution in [-0.2, 0) is 4.79 Å². The Kier molecular flexibility index (Phi) is 3.13. The third-order valence-electron chi connectivity index (χ3n) is 2.48. The van der Waals surface area contributed by atoms with Gasteiger partial charge in [-0.25, -0.2) is 0 Å². The van der Waals surface area contributed by atoms with Crippen LogP contribution in [-0.4, -0.2) is 5.78 Å². The first-order valence-electron chi connectivity index (χ1n) is 4.85. The molecule has 1 aliphatic carbocycles. The summed E-state index contributed by atoms with van der Waals surface area (Å²) in [6, 6.07) is 5.33. The molecule has 1 aromatic rings. The van der Waals surface area contributed by atoms with Crippen molar-refractivity contribution in [2.24, 2.45) is 0 Å². The van der Waals surface area contributed by atoms with E-state index in [1.165, 1.54) is 0 Å². The minimum Gasteiger partial charge on any atom is -0.295 e. The van der Waals surface area contributed by atoms with E-state index in [1.807, 2.05) is 6.07 Å². The molecule has 15 heavy (non-hydrogen) atoms. The van der Waals surface area contributed by atoms with Crippen LogP contribution >= 0.6 is 23.2 Å². The van der Waals surface area contributed by atoms with Crippen molar-refractivity contribution < 1.29 is 4.79 Å². The quantitative estimate of drug-likeness (QED) is 0.722. The zero-order chi connectivity index (χ0) is 10.8. The molecule has 3 heteroatoms. The number of hydrogen-bond acceptors (Lipinski definition) is 1. The minimum atomic E-state index is 0.173. The lowest BCUT2D eigenvalue weighted by Crippen LogP contribution is -2.02. The largest absolute Gasteiger partial charge is 0.295 e. The Morgan fingerprint density at radius 2 is 1.93 bits per heavy atom. The smallest absolute Gasteiger partial charge is 0.155 e. The molecule has 0 saturated heterocycles. The van der Waals surface area contributed by atoms with E-state index in [4.69, 9.17) is 23.2 Å². The second kappa shape index (κ2) is 4.38. The van der Waals surface area contributed by atoms with Crippen molar-refractivity contribution in [3.8, 4) is 0 Å². The Balaban J connectivity index is 2.44. The lowest BCUT2D eigenvalue weighted by atomic mass is 9.93. The Hall–Kier alpha value is -0.790. The highest BCUT2D eigenvalue weighted by Crippen LogP contribution is 2.32. The molecule has 1 nitrogen and oxygen atoms in total. The second-order valence-electron chi connectivity index (χ2n) is 3.61. The maximum Gasteiger partial charge on any atom is 0.155 e. The summed E-state index contributed by atoms with van der Waals surface area (Å²) in [5.74, 6) is 0.173. The minimum absolute atomic E-state index is 0.173. The van der Waals surface area contributed by atoms with Crippen LogP contribution in [0.15, 0.2) is 24.3 Å². The van der Waals surface area contributed by atoms with Crippen molar-refractivity contribution >= 4 is 34.6 Å². The highest BCUT2D eigenvalue weighted by atomic mass is 35.5. The molecule has 0 bridgehead atoms. The van der Waals surface area contributed by atoms with Crippen LogP contribution < -0.4 is 0 Å². The van der Waals surface area contributed by atoms with Crippen molar-refractivity contribution in [3.63, 3.8) is 0 Å². The Labute approximate surface area is 98.7 Å². The fraction of sp³-hybridized carbons (Fsp3) is 0.250. The molecule has 1 aromatic carbocycles. The summed E-state index contributed by atoms with van der Waals surface area (Å²) in [5.41, 5.74) is 1.89. The number of rotatable bonds is 1. The topological polar surface area (TPSA) is 17.1 Å². The van der Waals surface area contributed by atoms with E-state index in [1.54, 1.807) is 18.2 Å². The lowest BCUT2D eigenvalue weighted by molar-refractivity contribution is -0.114. The van der Waals surface area contributed by atoms with Gasteiger partial charge in [0.05, 0.1) is 0 Å². The highest BCUT2D eigenvalue weighted by Gasteiger charge is 2.14. The molecule has 0 N–H and O–H groups in total. The van der Waals surface area contributed by atoms with Gasteiger partial charge in [0.1, 0.15) is 0 Å². The van der Waals surface area contributed by atoms with Crippen molar-refractivity contribution in [2.75, 3.05) is 0 Å². The average Bonchev–Trinajstić information content (AvgIpc) is 2.22. The van der Waals surface area contributed by atoms with Crippen LogP contribution in [0.1, 0.15) is 24.8 Å². The van der Waals surface area contributed by atoms with E-state index in [-0.39, 0.29) is 5.78 Å². The van der Waals surface area contributed by atoms with Crippen LogP contribution in [0.5, 0.6) is 0 Å². The molecule has 0 aromatic heterocycles. The molecule has 0 radical (unpaired) electrons. The number of hydrogen-bond donors (Lipinski definition) is 0. The number of carbonyl (C=O) groups is 1. The average molecular weight is 241 g/mol. The van der Waals surface area contributed by atoms with Gasteiger partial charge in [-0.3, -0.25) is 4.79 Å². The van der Waals surface area contributed by atoms with Crippen molar-refractivity contribution in [1.82, 2.24) is 0 Å². The van der Waals surface area contributed by atoms with Crippen LogP contribution in [0.3, 0.4) is 0 Å². The number of allylic oxidation sites excluding steroid dienone is 2. The molecule has 0 aliphatic heterocycles. The van der Waals surface area contributed by atoms with Gasteiger partial charge in [0.15, 0.2) is 5.78 Å². The van der Waals surface area contributed by atoms with Crippen LogP contribution in [0, 0.1) is 0 Å². The van der Waals surface area contributed by atoms with Gasteiger partial charge in [0.25, 0.3) is 0 Å². The zero-order valence-corrected chi connectivity index (χ0v) is 9.61. The summed E-state index contributed by atoms with van der Waals surface area (Å²) in [5, 5.41) is 1.30. The van der Waals surface area contributed by atoms with Gasteiger partial charge in [-0.15, -0.1) is 0 Å². The van der Waals surface area contributed by atoms with Crippen LogP contribution in [0.2, 0.25) is 10.0 Å². The summed E-state index contributed by atoms with van der Waals surface area (Å²) in [6.07, 6.45) is 4.11. The van der Waals surface area contributed by atoms with Gasteiger partial charge in [0.2, 0.25) is 0 Å². The van der Waals surface area contributed by atoms with Crippen molar-refractivity contribution in [2.45, 2.75) is 19.3 Å². The van der Waals surface area contributed by atoms with Crippen LogP contribution in [0.4, 0.5) is 0 Å². The standard InChI is InChI=1S/C12H10Cl2O/c13-9-4-5-12(14)11(7-9)8-2-1-3-10(15)6-8/h4-7H,1-3H2. The molecule has 78 valence electrons. The van der Waals surface area contributed by atoms with E-state index >= 15 is 0 Å². The first-order valence-corrected chi connectivity index (χ1v) is 5.61. The fourth-order valence-electron chi connectivity index (χ4n) is 1.75. The molecule has 0 saturated carbocycles. The number of ketones is 1. The first kappa shape index (κ1) is 10.7. The summed E-state index contributed by atoms with van der Waals surface area (Å²) in [6.45, 7) is 0.